The Morgan fingerprint density at radius 1 is 0.963 bits per heavy atom. The second kappa shape index (κ2) is 10.3. The molecule has 1 atom stereocenters. The number of esters is 1. The van der Waals surface area contributed by atoms with Crippen molar-refractivity contribution in [1.29, 1.82) is 0 Å². The average Bonchev–Trinajstić information content (AvgIpc) is 2.66. The maximum absolute atomic E-state index is 12.2. The second-order valence-electron chi connectivity index (χ2n) is 5.66. The molecule has 2 rings (SSSR count). The van der Waals surface area contributed by atoms with Gasteiger partial charge in [-0.2, -0.15) is 0 Å². The Labute approximate surface area is 165 Å². The van der Waals surface area contributed by atoms with Gasteiger partial charge in [0, 0.05) is 10.9 Å². The van der Waals surface area contributed by atoms with Crippen molar-refractivity contribution >= 4 is 33.9 Å². The lowest BCUT2D eigenvalue weighted by molar-refractivity contribution is -0.149. The van der Waals surface area contributed by atoms with Gasteiger partial charge < -0.3 is 20.5 Å². The van der Waals surface area contributed by atoms with E-state index in [9.17, 15) is 14.4 Å². The van der Waals surface area contributed by atoms with Crippen molar-refractivity contribution in [2.45, 2.75) is 19.1 Å². The molecule has 0 aliphatic heterocycles. The molecule has 0 aromatic heterocycles. The minimum atomic E-state index is -1.02. The maximum atomic E-state index is 12.2. The fourth-order valence-electron chi connectivity index (χ4n) is 2.20. The number of rotatable bonds is 8. The summed E-state index contributed by atoms with van der Waals surface area (Å²) in [7, 11) is 0. The van der Waals surface area contributed by atoms with E-state index in [1.165, 1.54) is 0 Å². The summed E-state index contributed by atoms with van der Waals surface area (Å²) in [6.45, 7) is -0.496. The Kier molecular flexibility index (Phi) is 7.81. The van der Waals surface area contributed by atoms with Crippen molar-refractivity contribution < 1.29 is 23.9 Å². The lowest BCUT2D eigenvalue weighted by atomic mass is 10.1. The molecule has 0 saturated carbocycles. The minimum Gasteiger partial charge on any atom is -0.454 e. The second-order valence-corrected chi connectivity index (χ2v) is 6.58. The van der Waals surface area contributed by atoms with E-state index in [1.807, 2.05) is 42.5 Å². The minimum absolute atomic E-state index is 0.0635. The SMILES string of the molecule is NC(=O)COC(=O)C(Cc1ccc(Br)cc1)NC(=O)OCc1ccccc1. The molecule has 0 radical (unpaired) electrons. The van der Waals surface area contributed by atoms with Gasteiger partial charge in [0.1, 0.15) is 12.6 Å². The average molecular weight is 435 g/mol. The van der Waals surface area contributed by atoms with Crippen molar-refractivity contribution in [3.05, 3.63) is 70.2 Å². The largest absolute Gasteiger partial charge is 0.454 e. The summed E-state index contributed by atoms with van der Waals surface area (Å²) in [4.78, 5) is 35.1. The molecule has 8 heteroatoms. The third-order valence-corrected chi connectivity index (χ3v) is 4.03. The quantitative estimate of drug-likeness (QED) is 0.619. The van der Waals surface area contributed by atoms with Gasteiger partial charge in [0.2, 0.25) is 0 Å². The van der Waals surface area contributed by atoms with Crippen molar-refractivity contribution in [1.82, 2.24) is 5.32 Å². The molecule has 0 aliphatic carbocycles. The standard InChI is InChI=1S/C19H19BrN2O5/c20-15-8-6-13(7-9-15)10-16(18(24)26-12-17(21)23)22-19(25)27-11-14-4-2-1-3-5-14/h1-9,16H,10-12H2,(H2,21,23)(H,22,25). The number of hydrogen-bond acceptors (Lipinski definition) is 5. The zero-order valence-electron chi connectivity index (χ0n) is 14.4. The zero-order valence-corrected chi connectivity index (χ0v) is 16.0. The first-order valence-electron chi connectivity index (χ1n) is 8.10. The van der Waals surface area contributed by atoms with Crippen LogP contribution in [0, 0.1) is 0 Å². The molecule has 0 saturated heterocycles. The predicted octanol–water partition coefficient (Wildman–Crippen LogP) is 2.32. The van der Waals surface area contributed by atoms with Crippen LogP contribution < -0.4 is 11.1 Å². The third kappa shape index (κ3) is 7.49. The Balaban J connectivity index is 1.99. The first kappa shape index (κ1) is 20.4. The van der Waals surface area contributed by atoms with Crippen LogP contribution in [0.2, 0.25) is 0 Å². The fourth-order valence-corrected chi connectivity index (χ4v) is 2.46. The first-order valence-corrected chi connectivity index (χ1v) is 8.90. The molecular formula is C19H19BrN2O5. The van der Waals surface area contributed by atoms with E-state index < -0.39 is 30.6 Å². The highest BCUT2D eigenvalue weighted by atomic mass is 79.9. The molecule has 7 nitrogen and oxygen atoms in total. The van der Waals surface area contributed by atoms with Gasteiger partial charge in [-0.1, -0.05) is 58.4 Å². The van der Waals surface area contributed by atoms with E-state index in [1.54, 1.807) is 12.1 Å². The van der Waals surface area contributed by atoms with Crippen molar-refractivity contribution in [3.8, 4) is 0 Å². The molecule has 0 aliphatic rings. The number of alkyl carbamates (subject to hydrolysis) is 1. The Hall–Kier alpha value is -2.87. The van der Waals surface area contributed by atoms with Crippen molar-refractivity contribution in [3.63, 3.8) is 0 Å². The fraction of sp³-hybridized carbons (Fsp3) is 0.211. The smallest absolute Gasteiger partial charge is 0.408 e. The molecule has 0 spiro atoms. The molecule has 2 amide bonds. The molecular weight excluding hydrogens is 416 g/mol. The highest BCUT2D eigenvalue weighted by Crippen LogP contribution is 2.12. The number of primary amides is 1. The monoisotopic (exact) mass is 434 g/mol. The maximum Gasteiger partial charge on any atom is 0.408 e. The van der Waals surface area contributed by atoms with Gasteiger partial charge >= 0.3 is 12.1 Å². The Morgan fingerprint density at radius 3 is 2.26 bits per heavy atom. The van der Waals surface area contributed by atoms with Crippen LogP contribution in [0.15, 0.2) is 59.1 Å². The van der Waals surface area contributed by atoms with E-state index in [0.29, 0.717) is 0 Å². The Bertz CT molecular complexity index is 780. The predicted molar refractivity (Wildman–Crippen MR) is 102 cm³/mol. The van der Waals surface area contributed by atoms with Crippen LogP contribution in [0.25, 0.3) is 0 Å². The number of carbonyl (C=O) groups is 3. The van der Waals surface area contributed by atoms with Crippen LogP contribution in [-0.4, -0.2) is 30.6 Å². The molecule has 1 unspecified atom stereocenters. The van der Waals surface area contributed by atoms with Gasteiger partial charge in [-0.05, 0) is 23.3 Å². The molecule has 3 N–H and O–H groups in total. The van der Waals surface area contributed by atoms with E-state index in [4.69, 9.17) is 15.2 Å². The summed E-state index contributed by atoms with van der Waals surface area (Å²) >= 11 is 3.33. The molecule has 2 aromatic carbocycles. The molecule has 142 valence electrons. The normalized spacial score (nSPS) is 11.3. The van der Waals surface area contributed by atoms with Gasteiger partial charge in [0.05, 0.1) is 0 Å². The van der Waals surface area contributed by atoms with Gasteiger partial charge in [-0.3, -0.25) is 4.79 Å². The van der Waals surface area contributed by atoms with Crippen molar-refractivity contribution in [2.24, 2.45) is 5.73 Å². The van der Waals surface area contributed by atoms with Gasteiger partial charge in [-0.15, -0.1) is 0 Å². The number of ether oxygens (including phenoxy) is 2. The molecule has 27 heavy (non-hydrogen) atoms. The van der Waals surface area contributed by atoms with E-state index in [2.05, 4.69) is 21.2 Å². The molecule has 0 bridgehead atoms. The lowest BCUT2D eigenvalue weighted by Crippen LogP contribution is -2.44. The summed E-state index contributed by atoms with van der Waals surface area (Å²) in [5, 5.41) is 2.47. The number of halogens is 1. The van der Waals surface area contributed by atoms with Crippen LogP contribution in [0.3, 0.4) is 0 Å². The highest BCUT2D eigenvalue weighted by molar-refractivity contribution is 9.10. The van der Waals surface area contributed by atoms with Crippen LogP contribution in [0.1, 0.15) is 11.1 Å². The van der Waals surface area contributed by atoms with Gasteiger partial charge in [0.15, 0.2) is 6.61 Å². The number of hydrogen-bond donors (Lipinski definition) is 2. The molecule has 0 fully saturated rings. The first-order chi connectivity index (χ1) is 12.9. The number of benzene rings is 2. The summed E-state index contributed by atoms with van der Waals surface area (Å²) in [6.07, 6.45) is -0.595. The van der Waals surface area contributed by atoms with Crippen LogP contribution >= 0.6 is 15.9 Å². The third-order valence-electron chi connectivity index (χ3n) is 3.50. The number of nitrogens with two attached hydrogens (primary N) is 1. The van der Waals surface area contributed by atoms with Crippen molar-refractivity contribution in [2.75, 3.05) is 6.61 Å². The number of carbonyl (C=O) groups excluding carboxylic acids is 3. The van der Waals surface area contributed by atoms with E-state index in [0.717, 1.165) is 15.6 Å². The molecule has 0 heterocycles. The topological polar surface area (TPSA) is 108 Å². The highest BCUT2D eigenvalue weighted by Gasteiger charge is 2.24. The lowest BCUT2D eigenvalue weighted by Gasteiger charge is -2.17. The zero-order chi connectivity index (χ0) is 19.6. The summed E-state index contributed by atoms with van der Waals surface area (Å²) in [5.74, 6) is -1.55. The van der Waals surface area contributed by atoms with Gasteiger partial charge in [-0.25, -0.2) is 9.59 Å². The van der Waals surface area contributed by atoms with E-state index in [-0.39, 0.29) is 13.0 Å². The summed E-state index contributed by atoms with van der Waals surface area (Å²) in [5.41, 5.74) is 6.60. The van der Waals surface area contributed by atoms with E-state index >= 15 is 0 Å². The Morgan fingerprint density at radius 2 is 1.63 bits per heavy atom. The summed E-state index contributed by atoms with van der Waals surface area (Å²) in [6, 6.07) is 15.3. The van der Waals surface area contributed by atoms with Gasteiger partial charge in [0.25, 0.3) is 5.91 Å². The molecule has 2 aromatic rings. The number of nitrogens with one attached hydrogen (secondary N) is 1. The summed E-state index contributed by atoms with van der Waals surface area (Å²) < 4.78 is 10.9. The van der Waals surface area contributed by atoms with Crippen LogP contribution in [-0.2, 0) is 32.1 Å². The van der Waals surface area contributed by atoms with Crippen LogP contribution in [0.4, 0.5) is 4.79 Å². The van der Waals surface area contributed by atoms with Crippen LogP contribution in [0.5, 0.6) is 0 Å². The number of amides is 2.